The summed E-state index contributed by atoms with van der Waals surface area (Å²) in [6, 6.07) is 0. The monoisotopic (exact) mass is 232 g/mol. The van der Waals surface area contributed by atoms with Crippen LogP contribution in [0.2, 0.25) is 0 Å². The van der Waals surface area contributed by atoms with Gasteiger partial charge in [0.2, 0.25) is 0 Å². The third-order valence-electron chi connectivity index (χ3n) is 2.43. The molecule has 4 nitrogen and oxygen atoms in total. The van der Waals surface area contributed by atoms with Gasteiger partial charge in [-0.2, -0.15) is 0 Å². The van der Waals surface area contributed by atoms with E-state index < -0.39 is 15.4 Å². The Morgan fingerprint density at radius 3 is 2.93 bits per heavy atom. The molecule has 0 bridgehead atoms. The molecule has 1 aromatic heterocycles. The molecule has 1 saturated heterocycles. The Hall–Kier alpha value is -0.460. The van der Waals surface area contributed by atoms with Crippen LogP contribution < -0.4 is 5.73 Å². The number of nitrogens with zero attached hydrogens (tertiary/aromatic N) is 1. The van der Waals surface area contributed by atoms with E-state index in [2.05, 4.69) is 4.98 Å². The summed E-state index contributed by atoms with van der Waals surface area (Å²) in [7, 11) is -2.91. The highest BCUT2D eigenvalue weighted by atomic mass is 32.2. The average Bonchev–Trinajstić information content (AvgIpc) is 2.60. The van der Waals surface area contributed by atoms with Gasteiger partial charge in [-0.15, -0.1) is 11.3 Å². The molecule has 78 valence electrons. The Morgan fingerprint density at radius 2 is 2.43 bits per heavy atom. The predicted octanol–water partition coefficient (Wildman–Crippen LogP) is 0.202. The van der Waals surface area contributed by atoms with Crippen LogP contribution in [0.25, 0.3) is 0 Å². The fourth-order valence-corrected chi connectivity index (χ4v) is 4.31. The van der Waals surface area contributed by atoms with Gasteiger partial charge < -0.3 is 5.73 Å². The van der Waals surface area contributed by atoms with Crippen molar-refractivity contribution in [3.05, 3.63) is 16.6 Å². The lowest BCUT2D eigenvalue weighted by Gasteiger charge is -2.20. The Bertz CT molecular complexity index is 413. The molecule has 1 aliphatic heterocycles. The molecule has 1 fully saturated rings. The minimum atomic E-state index is -2.91. The van der Waals surface area contributed by atoms with Crippen LogP contribution in [0.15, 0.2) is 10.9 Å². The number of sulfone groups is 1. The van der Waals surface area contributed by atoms with Crippen LogP contribution in [0.1, 0.15) is 12.1 Å². The first-order chi connectivity index (χ1) is 6.49. The topological polar surface area (TPSA) is 73.0 Å². The van der Waals surface area contributed by atoms with Crippen molar-refractivity contribution in [2.24, 2.45) is 5.73 Å². The lowest BCUT2D eigenvalue weighted by molar-refractivity contribution is 0.472. The van der Waals surface area contributed by atoms with Crippen LogP contribution >= 0.6 is 11.3 Å². The van der Waals surface area contributed by atoms with Gasteiger partial charge in [-0.05, 0) is 6.42 Å². The third-order valence-corrected chi connectivity index (χ3v) is 4.91. The van der Waals surface area contributed by atoms with Gasteiger partial charge in [0.05, 0.1) is 22.7 Å². The van der Waals surface area contributed by atoms with Crippen LogP contribution in [-0.4, -0.2) is 30.4 Å². The number of aromatic nitrogens is 1. The van der Waals surface area contributed by atoms with Crippen molar-refractivity contribution in [1.29, 1.82) is 0 Å². The number of hydrogen-bond acceptors (Lipinski definition) is 5. The van der Waals surface area contributed by atoms with E-state index >= 15 is 0 Å². The Morgan fingerprint density at radius 1 is 1.64 bits per heavy atom. The molecule has 1 aromatic rings. The first kappa shape index (κ1) is 10.1. The summed E-state index contributed by atoms with van der Waals surface area (Å²) in [4.78, 5) is 4.12. The highest BCUT2D eigenvalue weighted by Crippen LogP contribution is 2.24. The maximum atomic E-state index is 11.3. The van der Waals surface area contributed by atoms with Crippen LogP contribution in [0.4, 0.5) is 0 Å². The van der Waals surface area contributed by atoms with Crippen LogP contribution in [0, 0.1) is 0 Å². The van der Waals surface area contributed by atoms with Crippen molar-refractivity contribution in [2.45, 2.75) is 18.4 Å². The fourth-order valence-electron chi connectivity index (χ4n) is 1.77. The number of nitrogens with two attached hydrogens (primary N) is 1. The van der Waals surface area contributed by atoms with Crippen LogP contribution in [-0.2, 0) is 16.3 Å². The molecule has 1 unspecified atom stereocenters. The number of rotatable bonds is 2. The molecule has 2 heterocycles. The van der Waals surface area contributed by atoms with Gasteiger partial charge in [-0.25, -0.2) is 13.4 Å². The zero-order chi connectivity index (χ0) is 10.2. The average molecular weight is 232 g/mol. The zero-order valence-corrected chi connectivity index (χ0v) is 9.27. The second kappa shape index (κ2) is 3.29. The normalized spacial score (nSPS) is 30.6. The Kier molecular flexibility index (Phi) is 2.36. The summed E-state index contributed by atoms with van der Waals surface area (Å²) < 4.78 is 22.6. The molecule has 2 rings (SSSR count). The van der Waals surface area contributed by atoms with E-state index in [1.807, 2.05) is 5.38 Å². The summed E-state index contributed by atoms with van der Waals surface area (Å²) in [5, 5.41) is 1.92. The largest absolute Gasteiger partial charge is 0.324 e. The maximum absolute atomic E-state index is 11.3. The van der Waals surface area contributed by atoms with Crippen LogP contribution in [0.5, 0.6) is 0 Å². The second-order valence-electron chi connectivity index (χ2n) is 3.86. The smallest absolute Gasteiger partial charge is 0.152 e. The van der Waals surface area contributed by atoms with E-state index in [1.54, 1.807) is 5.51 Å². The molecule has 0 radical (unpaired) electrons. The van der Waals surface area contributed by atoms with E-state index in [1.165, 1.54) is 11.3 Å². The number of hydrogen-bond donors (Lipinski definition) is 1. The molecule has 14 heavy (non-hydrogen) atoms. The van der Waals surface area contributed by atoms with E-state index in [-0.39, 0.29) is 11.5 Å². The molecule has 0 aromatic carbocycles. The van der Waals surface area contributed by atoms with Gasteiger partial charge in [0, 0.05) is 17.3 Å². The summed E-state index contributed by atoms with van der Waals surface area (Å²) in [5.41, 5.74) is 8.06. The summed E-state index contributed by atoms with van der Waals surface area (Å²) in [6.07, 6.45) is 1.11. The molecule has 0 aliphatic carbocycles. The van der Waals surface area contributed by atoms with Crippen molar-refractivity contribution in [3.63, 3.8) is 0 Å². The first-order valence-corrected chi connectivity index (χ1v) is 7.12. The standard InChI is InChI=1S/C8H12N2O2S2/c9-8(1-2-14(11,12)5-8)3-7-4-13-6-10-7/h4,6H,1-3,5,9H2. The molecular formula is C8H12N2O2S2. The Balaban J connectivity index is 2.12. The van der Waals surface area contributed by atoms with Crippen molar-refractivity contribution in [1.82, 2.24) is 4.98 Å². The van der Waals surface area contributed by atoms with E-state index in [0.717, 1.165) is 5.69 Å². The molecule has 2 N–H and O–H groups in total. The zero-order valence-electron chi connectivity index (χ0n) is 7.64. The van der Waals surface area contributed by atoms with Crippen molar-refractivity contribution >= 4 is 21.2 Å². The first-order valence-electron chi connectivity index (χ1n) is 4.36. The summed E-state index contributed by atoms with van der Waals surface area (Å²) in [5.74, 6) is 0.311. The minimum absolute atomic E-state index is 0.0948. The van der Waals surface area contributed by atoms with Gasteiger partial charge in [0.1, 0.15) is 0 Å². The Labute approximate surface area is 87.1 Å². The molecular weight excluding hydrogens is 220 g/mol. The molecule has 6 heteroatoms. The molecule has 0 amide bonds. The van der Waals surface area contributed by atoms with Gasteiger partial charge in [-0.3, -0.25) is 0 Å². The summed E-state index contributed by atoms with van der Waals surface area (Å²) in [6.45, 7) is 0. The van der Waals surface area contributed by atoms with E-state index in [9.17, 15) is 8.42 Å². The highest BCUT2D eigenvalue weighted by molar-refractivity contribution is 7.91. The second-order valence-corrected chi connectivity index (χ2v) is 6.76. The van der Waals surface area contributed by atoms with E-state index in [0.29, 0.717) is 12.8 Å². The lowest BCUT2D eigenvalue weighted by Crippen LogP contribution is -2.43. The lowest BCUT2D eigenvalue weighted by atomic mass is 9.95. The number of thiazole rings is 1. The van der Waals surface area contributed by atoms with Crippen molar-refractivity contribution in [2.75, 3.05) is 11.5 Å². The van der Waals surface area contributed by atoms with Gasteiger partial charge in [0.15, 0.2) is 9.84 Å². The minimum Gasteiger partial charge on any atom is -0.324 e. The van der Waals surface area contributed by atoms with Crippen LogP contribution in [0.3, 0.4) is 0 Å². The molecule has 0 spiro atoms. The van der Waals surface area contributed by atoms with Gasteiger partial charge in [-0.1, -0.05) is 0 Å². The fraction of sp³-hybridized carbons (Fsp3) is 0.625. The van der Waals surface area contributed by atoms with Gasteiger partial charge >= 0.3 is 0 Å². The van der Waals surface area contributed by atoms with Crippen molar-refractivity contribution in [3.8, 4) is 0 Å². The van der Waals surface area contributed by atoms with Crippen molar-refractivity contribution < 1.29 is 8.42 Å². The highest BCUT2D eigenvalue weighted by Gasteiger charge is 2.39. The quantitative estimate of drug-likeness (QED) is 0.790. The molecule has 0 saturated carbocycles. The van der Waals surface area contributed by atoms with E-state index in [4.69, 9.17) is 5.73 Å². The van der Waals surface area contributed by atoms with Gasteiger partial charge in [0.25, 0.3) is 0 Å². The predicted molar refractivity (Wildman–Crippen MR) is 56.0 cm³/mol. The third kappa shape index (κ3) is 2.13. The molecule has 1 aliphatic rings. The maximum Gasteiger partial charge on any atom is 0.152 e. The SMILES string of the molecule is NC1(Cc2cscn2)CCS(=O)(=O)C1. The summed E-state index contributed by atoms with van der Waals surface area (Å²) >= 11 is 1.51. The molecule has 1 atom stereocenters.